The molecular weight excluding hydrogens is 172 g/mol. The van der Waals surface area contributed by atoms with Crippen LogP contribution in [0.25, 0.3) is 0 Å². The summed E-state index contributed by atoms with van der Waals surface area (Å²) in [6, 6.07) is 0.533. The summed E-state index contributed by atoms with van der Waals surface area (Å²) in [5.41, 5.74) is 1.28. The van der Waals surface area contributed by atoms with Crippen LogP contribution in [0.3, 0.4) is 0 Å². The van der Waals surface area contributed by atoms with Crippen LogP contribution in [0.5, 0.6) is 0 Å². The minimum atomic E-state index is 0.533. The fourth-order valence-electron chi connectivity index (χ4n) is 2.02. The van der Waals surface area contributed by atoms with E-state index in [-0.39, 0.29) is 0 Å². The molecule has 78 valence electrons. The summed E-state index contributed by atoms with van der Waals surface area (Å²) in [6.45, 7) is 4.94. The molecule has 1 aliphatic heterocycles. The Balaban J connectivity index is 2.75. The minimum Gasteiger partial charge on any atom is -0.299 e. The number of aliphatic imine (C=N–C) groups is 1. The van der Waals surface area contributed by atoms with Gasteiger partial charge in [0.1, 0.15) is 0 Å². The first-order valence-corrected chi connectivity index (χ1v) is 5.24. The van der Waals surface area contributed by atoms with Crippen LogP contribution in [0.4, 0.5) is 0 Å². The molecule has 0 amide bonds. The Kier molecular flexibility index (Phi) is 4.60. The van der Waals surface area contributed by atoms with Crippen LogP contribution in [0, 0.1) is 0 Å². The van der Waals surface area contributed by atoms with Crippen molar-refractivity contribution in [3.05, 3.63) is 24.3 Å². The molecule has 1 atom stereocenters. The third kappa shape index (κ3) is 2.81. The average Bonchev–Trinajstić information content (AvgIpc) is 2.18. The fourth-order valence-corrected chi connectivity index (χ4v) is 2.02. The molecule has 0 saturated carbocycles. The van der Waals surface area contributed by atoms with Gasteiger partial charge in [0.15, 0.2) is 0 Å². The van der Waals surface area contributed by atoms with Crippen LogP contribution in [0.1, 0.15) is 19.3 Å². The first-order valence-electron chi connectivity index (χ1n) is 5.24. The van der Waals surface area contributed by atoms with Gasteiger partial charge < -0.3 is 0 Å². The van der Waals surface area contributed by atoms with Gasteiger partial charge in [-0.1, -0.05) is 25.2 Å². The van der Waals surface area contributed by atoms with Gasteiger partial charge in [0.05, 0.1) is 0 Å². The number of likely N-dealkylation sites (N-methyl/N-ethyl adjacent to an activating group) is 1. The van der Waals surface area contributed by atoms with E-state index in [9.17, 15) is 0 Å². The maximum atomic E-state index is 4.10. The summed E-state index contributed by atoms with van der Waals surface area (Å²) in [5, 5.41) is 0. The van der Waals surface area contributed by atoms with Crippen molar-refractivity contribution >= 4 is 6.21 Å². The van der Waals surface area contributed by atoms with E-state index in [1.165, 1.54) is 31.4 Å². The minimum absolute atomic E-state index is 0.533. The van der Waals surface area contributed by atoms with E-state index in [4.69, 9.17) is 0 Å². The van der Waals surface area contributed by atoms with Gasteiger partial charge in [-0.25, -0.2) is 0 Å². The molecule has 1 fully saturated rings. The molecule has 0 aromatic rings. The van der Waals surface area contributed by atoms with Gasteiger partial charge >= 0.3 is 0 Å². The maximum Gasteiger partial charge on any atom is 0.0360 e. The SMILES string of the molecule is C=C/C=C(\C=NC)C1CCCCN1C. The van der Waals surface area contributed by atoms with E-state index in [1.807, 2.05) is 19.3 Å². The molecular formula is C12H20N2. The van der Waals surface area contributed by atoms with Crippen LogP contribution < -0.4 is 0 Å². The predicted molar refractivity (Wildman–Crippen MR) is 63.0 cm³/mol. The summed E-state index contributed by atoms with van der Waals surface area (Å²) >= 11 is 0. The quantitative estimate of drug-likeness (QED) is 0.495. The molecule has 0 spiro atoms. The van der Waals surface area contributed by atoms with E-state index >= 15 is 0 Å². The molecule has 0 radical (unpaired) electrons. The van der Waals surface area contributed by atoms with E-state index < -0.39 is 0 Å². The largest absolute Gasteiger partial charge is 0.299 e. The van der Waals surface area contributed by atoms with Crippen LogP contribution in [-0.2, 0) is 0 Å². The lowest BCUT2D eigenvalue weighted by Crippen LogP contribution is -2.37. The highest BCUT2D eigenvalue weighted by Crippen LogP contribution is 2.20. The Hall–Kier alpha value is -0.890. The first kappa shape index (κ1) is 11.2. The highest BCUT2D eigenvalue weighted by molar-refractivity contribution is 5.80. The number of hydrogen-bond donors (Lipinski definition) is 0. The normalized spacial score (nSPS) is 25.6. The summed E-state index contributed by atoms with van der Waals surface area (Å²) < 4.78 is 0. The summed E-state index contributed by atoms with van der Waals surface area (Å²) in [5.74, 6) is 0. The van der Waals surface area contributed by atoms with Gasteiger partial charge in [0, 0.05) is 19.3 Å². The number of piperidine rings is 1. The molecule has 14 heavy (non-hydrogen) atoms. The van der Waals surface area contributed by atoms with Gasteiger partial charge in [0.25, 0.3) is 0 Å². The molecule has 1 heterocycles. The number of rotatable bonds is 3. The number of likely N-dealkylation sites (tertiary alicyclic amines) is 1. The number of hydrogen-bond acceptors (Lipinski definition) is 2. The van der Waals surface area contributed by atoms with Crippen molar-refractivity contribution in [3.8, 4) is 0 Å². The molecule has 0 aromatic carbocycles. The summed E-state index contributed by atoms with van der Waals surface area (Å²) in [7, 11) is 4.00. The second-order valence-electron chi connectivity index (χ2n) is 3.78. The van der Waals surface area contributed by atoms with E-state index in [0.29, 0.717) is 6.04 Å². The zero-order valence-corrected chi connectivity index (χ0v) is 9.24. The Labute approximate surface area is 87.0 Å². The molecule has 1 aliphatic rings. The first-order chi connectivity index (χ1) is 6.79. The Morgan fingerprint density at radius 1 is 1.50 bits per heavy atom. The van der Waals surface area contributed by atoms with Crippen molar-refractivity contribution < 1.29 is 0 Å². The molecule has 1 saturated heterocycles. The second-order valence-corrected chi connectivity index (χ2v) is 3.78. The lowest BCUT2D eigenvalue weighted by molar-refractivity contribution is 0.217. The van der Waals surface area contributed by atoms with E-state index in [2.05, 4.69) is 29.6 Å². The van der Waals surface area contributed by atoms with Crippen LogP contribution >= 0.6 is 0 Å². The number of nitrogens with zero attached hydrogens (tertiary/aromatic N) is 2. The summed E-state index contributed by atoms with van der Waals surface area (Å²) in [4.78, 5) is 6.50. The third-order valence-electron chi connectivity index (χ3n) is 2.74. The van der Waals surface area contributed by atoms with Gasteiger partial charge in [-0.05, 0) is 32.0 Å². The lowest BCUT2D eigenvalue weighted by Gasteiger charge is -2.33. The van der Waals surface area contributed by atoms with E-state index in [0.717, 1.165) is 0 Å². The highest BCUT2D eigenvalue weighted by atomic mass is 15.1. The molecule has 1 rings (SSSR count). The van der Waals surface area contributed by atoms with Crippen molar-refractivity contribution in [2.75, 3.05) is 20.6 Å². The Bertz CT molecular complexity index is 241. The fraction of sp³-hybridized carbons (Fsp3) is 0.583. The topological polar surface area (TPSA) is 15.6 Å². The van der Waals surface area contributed by atoms with Gasteiger partial charge in [-0.2, -0.15) is 0 Å². The van der Waals surface area contributed by atoms with Crippen LogP contribution in [0.15, 0.2) is 29.3 Å². The van der Waals surface area contributed by atoms with Crippen molar-refractivity contribution in [1.29, 1.82) is 0 Å². The zero-order valence-electron chi connectivity index (χ0n) is 9.24. The lowest BCUT2D eigenvalue weighted by atomic mass is 9.96. The molecule has 0 aromatic heterocycles. The van der Waals surface area contributed by atoms with E-state index in [1.54, 1.807) is 0 Å². The smallest absolute Gasteiger partial charge is 0.0360 e. The zero-order chi connectivity index (χ0) is 10.4. The molecule has 2 heteroatoms. The van der Waals surface area contributed by atoms with Gasteiger partial charge in [-0.15, -0.1) is 0 Å². The highest BCUT2D eigenvalue weighted by Gasteiger charge is 2.20. The summed E-state index contributed by atoms with van der Waals surface area (Å²) in [6.07, 6.45) is 9.74. The molecule has 0 N–H and O–H groups in total. The van der Waals surface area contributed by atoms with Crippen LogP contribution in [0.2, 0.25) is 0 Å². The van der Waals surface area contributed by atoms with Crippen molar-refractivity contribution in [2.45, 2.75) is 25.3 Å². The van der Waals surface area contributed by atoms with Crippen molar-refractivity contribution in [1.82, 2.24) is 4.90 Å². The van der Waals surface area contributed by atoms with Crippen molar-refractivity contribution in [2.24, 2.45) is 4.99 Å². The van der Waals surface area contributed by atoms with Crippen molar-refractivity contribution in [3.63, 3.8) is 0 Å². The maximum absolute atomic E-state index is 4.10. The second kappa shape index (κ2) is 5.76. The Morgan fingerprint density at radius 3 is 2.86 bits per heavy atom. The van der Waals surface area contributed by atoms with Crippen LogP contribution in [-0.4, -0.2) is 37.8 Å². The molecule has 0 aliphatic carbocycles. The predicted octanol–water partition coefficient (Wildman–Crippen LogP) is 2.28. The third-order valence-corrected chi connectivity index (χ3v) is 2.74. The average molecular weight is 192 g/mol. The molecule has 1 unspecified atom stereocenters. The monoisotopic (exact) mass is 192 g/mol. The standard InChI is InChI=1S/C12H20N2/c1-4-7-11(10-13-2)12-8-5-6-9-14(12)3/h4,7,10,12H,1,5-6,8-9H2,2-3H3/b11-7+,13-10?. The molecule has 2 nitrogen and oxygen atoms in total. The van der Waals surface area contributed by atoms with Gasteiger partial charge in [0.2, 0.25) is 0 Å². The van der Waals surface area contributed by atoms with Gasteiger partial charge in [-0.3, -0.25) is 9.89 Å². The Morgan fingerprint density at radius 2 is 2.29 bits per heavy atom. The number of allylic oxidation sites excluding steroid dienone is 2. The molecule has 0 bridgehead atoms.